The van der Waals surface area contributed by atoms with Crippen LogP contribution in [0.25, 0.3) is 4.96 Å². The van der Waals surface area contributed by atoms with Gasteiger partial charge in [0.1, 0.15) is 10.8 Å². The topological polar surface area (TPSA) is 88.8 Å². The van der Waals surface area contributed by atoms with E-state index in [-0.39, 0.29) is 5.56 Å². The largest absolute Gasteiger partial charge is 0.275 e. The minimum Gasteiger partial charge on any atom is -0.267 e. The normalized spacial score (nSPS) is 11.3. The molecule has 0 aliphatic heterocycles. The van der Waals surface area contributed by atoms with Crippen molar-refractivity contribution < 1.29 is 0 Å². The van der Waals surface area contributed by atoms with Gasteiger partial charge in [0.25, 0.3) is 5.56 Å². The molecule has 21 heavy (non-hydrogen) atoms. The summed E-state index contributed by atoms with van der Waals surface area (Å²) in [7, 11) is 0. The van der Waals surface area contributed by atoms with Crippen LogP contribution in [0.4, 0.5) is 0 Å². The van der Waals surface area contributed by atoms with Crippen molar-refractivity contribution in [2.75, 3.05) is 0 Å². The zero-order valence-electron chi connectivity index (χ0n) is 11.7. The van der Waals surface area contributed by atoms with Gasteiger partial charge < -0.3 is 0 Å². The molecule has 7 nitrogen and oxygen atoms in total. The molecule has 0 saturated heterocycles. The smallest absolute Gasteiger partial charge is 0.267 e. The molecule has 1 N–H and O–H groups in total. The van der Waals surface area contributed by atoms with Gasteiger partial charge in [-0.1, -0.05) is 30.0 Å². The van der Waals surface area contributed by atoms with Crippen LogP contribution in [0.3, 0.4) is 0 Å². The predicted molar refractivity (Wildman–Crippen MR) is 81.8 cm³/mol. The number of H-pyrrole nitrogens is 1. The highest BCUT2D eigenvalue weighted by molar-refractivity contribution is 7.98. The van der Waals surface area contributed by atoms with E-state index in [9.17, 15) is 4.79 Å². The molecule has 0 unspecified atom stereocenters. The number of hydrogen-bond acceptors (Lipinski definition) is 7. The predicted octanol–water partition coefficient (Wildman–Crippen LogP) is 1.82. The van der Waals surface area contributed by atoms with Crippen LogP contribution in [-0.2, 0) is 12.2 Å². The van der Waals surface area contributed by atoms with Crippen molar-refractivity contribution in [2.24, 2.45) is 0 Å². The van der Waals surface area contributed by atoms with E-state index >= 15 is 0 Å². The van der Waals surface area contributed by atoms with Crippen LogP contribution in [0, 0.1) is 6.92 Å². The Hall–Kier alpha value is -1.74. The van der Waals surface area contributed by atoms with Crippen LogP contribution in [0.5, 0.6) is 0 Å². The average molecular weight is 322 g/mol. The third kappa shape index (κ3) is 3.13. The Morgan fingerprint density at radius 3 is 3.10 bits per heavy atom. The molecule has 3 heterocycles. The van der Waals surface area contributed by atoms with E-state index in [4.69, 9.17) is 0 Å². The molecule has 0 aliphatic carbocycles. The molecule has 3 aromatic rings. The highest BCUT2D eigenvalue weighted by atomic mass is 32.2. The second-order valence-electron chi connectivity index (χ2n) is 4.50. The number of aryl methyl sites for hydroxylation is 2. The third-order valence-electron chi connectivity index (χ3n) is 2.75. The Kier molecular flexibility index (Phi) is 4.02. The van der Waals surface area contributed by atoms with E-state index in [1.165, 1.54) is 33.7 Å². The molecule has 0 aliphatic rings. The molecular weight excluding hydrogens is 308 g/mol. The Balaban J connectivity index is 1.76. The lowest BCUT2D eigenvalue weighted by Crippen LogP contribution is -2.15. The molecule has 110 valence electrons. The van der Waals surface area contributed by atoms with Gasteiger partial charge in [0.15, 0.2) is 0 Å². The highest BCUT2D eigenvalue weighted by Gasteiger charge is 2.09. The van der Waals surface area contributed by atoms with Crippen LogP contribution in [0.15, 0.2) is 16.0 Å². The lowest BCUT2D eigenvalue weighted by molar-refractivity contribution is 0.840. The standard InChI is InChI=1S/C12H14N6OS2/c1-3-4-9-14-11(16-15-9)20-6-8-5-10(19)18-12(13-8)21-7(2)17-18/h5H,3-4,6H2,1-2H3,(H,14,15,16). The summed E-state index contributed by atoms with van der Waals surface area (Å²) in [5, 5.41) is 12.7. The van der Waals surface area contributed by atoms with E-state index in [1.54, 1.807) is 0 Å². The zero-order chi connectivity index (χ0) is 14.8. The minimum atomic E-state index is -0.151. The summed E-state index contributed by atoms with van der Waals surface area (Å²) < 4.78 is 1.33. The number of nitrogens with zero attached hydrogens (tertiary/aromatic N) is 5. The fourth-order valence-corrected chi connectivity index (χ4v) is 3.33. The summed E-state index contributed by atoms with van der Waals surface area (Å²) in [6.45, 7) is 3.95. The monoisotopic (exact) mass is 322 g/mol. The van der Waals surface area contributed by atoms with Gasteiger partial charge in [-0.3, -0.25) is 9.89 Å². The fraction of sp³-hybridized carbons (Fsp3) is 0.417. The molecule has 0 radical (unpaired) electrons. The van der Waals surface area contributed by atoms with E-state index in [2.05, 4.69) is 32.2 Å². The van der Waals surface area contributed by atoms with Crippen molar-refractivity contribution >= 4 is 28.1 Å². The summed E-state index contributed by atoms with van der Waals surface area (Å²) in [4.78, 5) is 21.4. The molecule has 0 bridgehead atoms. The number of thioether (sulfide) groups is 1. The van der Waals surface area contributed by atoms with Gasteiger partial charge in [0.2, 0.25) is 10.1 Å². The molecule has 3 aromatic heterocycles. The number of fused-ring (bicyclic) bond motifs is 1. The lowest BCUT2D eigenvalue weighted by Gasteiger charge is -1.97. The Morgan fingerprint density at radius 1 is 1.43 bits per heavy atom. The summed E-state index contributed by atoms with van der Waals surface area (Å²) in [6.07, 6.45) is 1.91. The lowest BCUT2D eigenvalue weighted by atomic mass is 10.3. The maximum absolute atomic E-state index is 11.9. The molecular formula is C12H14N6OS2. The first kappa shape index (κ1) is 14.2. The first-order chi connectivity index (χ1) is 10.2. The van der Waals surface area contributed by atoms with Gasteiger partial charge >= 0.3 is 0 Å². The van der Waals surface area contributed by atoms with Gasteiger partial charge in [-0.15, -0.1) is 5.10 Å². The minimum absolute atomic E-state index is 0.151. The van der Waals surface area contributed by atoms with Gasteiger partial charge in [0, 0.05) is 18.2 Å². The van der Waals surface area contributed by atoms with Crippen molar-refractivity contribution in [1.29, 1.82) is 0 Å². The van der Waals surface area contributed by atoms with Crippen LogP contribution < -0.4 is 5.56 Å². The maximum atomic E-state index is 11.9. The molecule has 3 rings (SSSR count). The van der Waals surface area contributed by atoms with Crippen LogP contribution in [0.1, 0.15) is 29.9 Å². The van der Waals surface area contributed by atoms with Crippen molar-refractivity contribution in [3.63, 3.8) is 0 Å². The summed E-state index contributed by atoms with van der Waals surface area (Å²) in [6, 6.07) is 1.51. The van der Waals surface area contributed by atoms with Crippen molar-refractivity contribution in [3.8, 4) is 0 Å². The SMILES string of the molecule is CCCc1nc(SCc2cc(=O)n3nc(C)sc3n2)n[nH]1. The molecule has 0 fully saturated rings. The quantitative estimate of drug-likeness (QED) is 0.721. The average Bonchev–Trinajstić information content (AvgIpc) is 3.03. The summed E-state index contributed by atoms with van der Waals surface area (Å²) in [5.41, 5.74) is 0.567. The first-order valence-corrected chi connectivity index (χ1v) is 8.36. The molecule has 9 heteroatoms. The summed E-state index contributed by atoms with van der Waals surface area (Å²) >= 11 is 2.87. The van der Waals surface area contributed by atoms with Gasteiger partial charge in [0.05, 0.1) is 5.69 Å². The Morgan fingerprint density at radius 2 is 2.29 bits per heavy atom. The van der Waals surface area contributed by atoms with E-state index < -0.39 is 0 Å². The highest BCUT2D eigenvalue weighted by Crippen LogP contribution is 2.18. The Labute approximate surface area is 128 Å². The van der Waals surface area contributed by atoms with Crippen molar-refractivity contribution in [3.05, 3.63) is 32.9 Å². The molecule has 0 amide bonds. The van der Waals surface area contributed by atoms with Gasteiger partial charge in [-0.05, 0) is 13.3 Å². The zero-order valence-corrected chi connectivity index (χ0v) is 13.3. The van der Waals surface area contributed by atoms with Crippen LogP contribution >= 0.6 is 23.1 Å². The first-order valence-electron chi connectivity index (χ1n) is 6.56. The Bertz CT molecular complexity index is 821. The van der Waals surface area contributed by atoms with Crippen molar-refractivity contribution in [1.82, 2.24) is 29.8 Å². The molecule has 0 atom stereocenters. The number of aromatic amines is 1. The van der Waals surface area contributed by atoms with Crippen LogP contribution in [-0.4, -0.2) is 29.8 Å². The third-order valence-corrected chi connectivity index (χ3v) is 4.45. The van der Waals surface area contributed by atoms with E-state index in [1.807, 2.05) is 6.92 Å². The number of hydrogen-bond donors (Lipinski definition) is 1. The van der Waals surface area contributed by atoms with Gasteiger partial charge in [-0.2, -0.15) is 9.61 Å². The van der Waals surface area contributed by atoms with Crippen molar-refractivity contribution in [2.45, 2.75) is 37.6 Å². The number of aromatic nitrogens is 6. The molecule has 0 saturated carbocycles. The second-order valence-corrected chi connectivity index (χ2v) is 6.61. The maximum Gasteiger partial charge on any atom is 0.275 e. The van der Waals surface area contributed by atoms with E-state index in [0.717, 1.165) is 29.4 Å². The fourth-order valence-electron chi connectivity index (χ4n) is 1.86. The number of rotatable bonds is 5. The van der Waals surface area contributed by atoms with Crippen LogP contribution in [0.2, 0.25) is 0 Å². The molecule has 0 spiro atoms. The van der Waals surface area contributed by atoms with Gasteiger partial charge in [-0.25, -0.2) is 9.97 Å². The molecule has 0 aromatic carbocycles. The van der Waals surface area contributed by atoms with E-state index in [0.29, 0.717) is 15.9 Å². The summed E-state index contributed by atoms with van der Waals surface area (Å²) in [5.74, 6) is 1.45. The second kappa shape index (κ2) is 5.94. The number of nitrogens with one attached hydrogen (secondary N) is 1.